The van der Waals surface area contributed by atoms with Gasteiger partial charge in [-0.05, 0) is 12.1 Å². The summed E-state index contributed by atoms with van der Waals surface area (Å²) in [6.45, 7) is 0.715. The number of hydrogen-bond acceptors (Lipinski definition) is 8. The minimum absolute atomic E-state index is 0.131. The third-order valence-electron chi connectivity index (χ3n) is 3.41. The van der Waals surface area contributed by atoms with Crippen molar-refractivity contribution in [3.8, 4) is 23.1 Å². The largest absolute Gasteiger partial charge is 0.493 e. The molecule has 1 aromatic carbocycles. The van der Waals surface area contributed by atoms with Gasteiger partial charge >= 0.3 is 0 Å². The summed E-state index contributed by atoms with van der Waals surface area (Å²) in [5.74, 6) is 2.23. The molecule has 0 spiro atoms. The van der Waals surface area contributed by atoms with Gasteiger partial charge in [0.05, 0.1) is 13.7 Å². The first-order valence-corrected chi connectivity index (χ1v) is 7.97. The van der Waals surface area contributed by atoms with Crippen LogP contribution in [0.4, 0.5) is 0 Å². The fourth-order valence-electron chi connectivity index (χ4n) is 2.16. The van der Waals surface area contributed by atoms with Crippen molar-refractivity contribution < 1.29 is 18.8 Å². The molecule has 0 fully saturated rings. The Morgan fingerprint density at radius 3 is 2.92 bits per heavy atom. The van der Waals surface area contributed by atoms with Crippen LogP contribution < -0.4 is 14.8 Å². The molecule has 0 atom stereocenters. The number of carbonyl (C=O) groups is 1. The van der Waals surface area contributed by atoms with Crippen LogP contribution in [0.5, 0.6) is 11.5 Å². The number of carbonyl (C=O) groups excluding carboxylic acids is 1. The molecule has 1 amide bonds. The zero-order chi connectivity index (χ0) is 18.2. The van der Waals surface area contributed by atoms with Gasteiger partial charge in [-0.2, -0.15) is 10.1 Å². The normalized spacial score (nSPS) is 10.5. The van der Waals surface area contributed by atoms with Crippen molar-refractivity contribution >= 4 is 5.91 Å². The highest BCUT2D eigenvalue weighted by Crippen LogP contribution is 2.25. The van der Waals surface area contributed by atoms with E-state index in [2.05, 4.69) is 30.6 Å². The summed E-state index contributed by atoms with van der Waals surface area (Å²) in [7, 11) is 1.58. The number of nitrogens with zero attached hydrogens (tertiary/aromatic N) is 4. The first kappa shape index (κ1) is 17.4. The molecule has 10 heteroatoms. The standard InChI is InChI=1S/C16H18N6O4/c1-24-11-4-2-3-5-12(11)25-9-8-17-13(23)6-7-14-20-16(22-26-14)15-18-10-19-21-15/h2-5,10H,6-9H2,1H3,(H,17,23)(H,18,19,21). The number of aryl methyl sites for hydroxylation is 1. The number of hydrogen-bond donors (Lipinski definition) is 2. The quantitative estimate of drug-likeness (QED) is 0.542. The molecule has 2 heterocycles. The third-order valence-corrected chi connectivity index (χ3v) is 3.41. The number of aromatic nitrogens is 5. The lowest BCUT2D eigenvalue weighted by Crippen LogP contribution is -2.28. The van der Waals surface area contributed by atoms with Crippen molar-refractivity contribution in [2.75, 3.05) is 20.3 Å². The molecule has 2 N–H and O–H groups in total. The topological polar surface area (TPSA) is 128 Å². The van der Waals surface area contributed by atoms with Crippen LogP contribution in [-0.2, 0) is 11.2 Å². The van der Waals surface area contributed by atoms with Crippen LogP contribution in [0.15, 0.2) is 35.1 Å². The summed E-state index contributed by atoms with van der Waals surface area (Å²) in [5, 5.41) is 12.9. The Labute approximate surface area is 148 Å². The molecule has 0 unspecified atom stereocenters. The Hall–Kier alpha value is -3.43. The smallest absolute Gasteiger partial charge is 0.239 e. The van der Waals surface area contributed by atoms with E-state index in [1.165, 1.54) is 6.33 Å². The highest BCUT2D eigenvalue weighted by Gasteiger charge is 2.12. The number of methoxy groups -OCH3 is 1. The molecule has 0 aliphatic heterocycles. The average molecular weight is 358 g/mol. The van der Waals surface area contributed by atoms with Crippen LogP contribution in [-0.4, -0.2) is 51.5 Å². The molecule has 3 rings (SSSR count). The minimum Gasteiger partial charge on any atom is -0.493 e. The van der Waals surface area contributed by atoms with Gasteiger partial charge in [0, 0.05) is 12.8 Å². The Kier molecular flexibility index (Phi) is 5.76. The Balaban J connectivity index is 1.37. The van der Waals surface area contributed by atoms with E-state index in [0.717, 1.165) is 0 Å². The predicted molar refractivity (Wildman–Crippen MR) is 89.5 cm³/mol. The Morgan fingerprint density at radius 1 is 1.31 bits per heavy atom. The van der Waals surface area contributed by atoms with E-state index in [-0.39, 0.29) is 12.3 Å². The number of benzene rings is 1. The molecule has 136 valence electrons. The summed E-state index contributed by atoms with van der Waals surface area (Å²) in [6, 6.07) is 7.33. The summed E-state index contributed by atoms with van der Waals surface area (Å²) >= 11 is 0. The molecule has 3 aromatic rings. The van der Waals surface area contributed by atoms with Crippen LogP contribution in [0.2, 0.25) is 0 Å². The molecule has 0 aliphatic rings. The fraction of sp³-hybridized carbons (Fsp3) is 0.312. The van der Waals surface area contributed by atoms with Gasteiger partial charge in [-0.25, -0.2) is 4.98 Å². The maximum Gasteiger partial charge on any atom is 0.239 e. The van der Waals surface area contributed by atoms with Gasteiger partial charge in [0.25, 0.3) is 0 Å². The second-order valence-corrected chi connectivity index (χ2v) is 5.20. The molecule has 0 saturated heterocycles. The maximum absolute atomic E-state index is 11.9. The van der Waals surface area contributed by atoms with Crippen LogP contribution in [0.3, 0.4) is 0 Å². The number of ether oxygens (including phenoxy) is 2. The summed E-state index contributed by atoms with van der Waals surface area (Å²) in [5.41, 5.74) is 0. The second-order valence-electron chi connectivity index (χ2n) is 5.20. The van der Waals surface area contributed by atoms with E-state index in [9.17, 15) is 4.79 Å². The van der Waals surface area contributed by atoms with Gasteiger partial charge in [0.15, 0.2) is 17.3 Å². The van der Waals surface area contributed by atoms with Crippen LogP contribution in [0.1, 0.15) is 12.3 Å². The third kappa shape index (κ3) is 4.56. The second kappa shape index (κ2) is 8.60. The summed E-state index contributed by atoms with van der Waals surface area (Å²) in [6.07, 6.45) is 1.92. The molecule has 2 aromatic heterocycles. The predicted octanol–water partition coefficient (Wildman–Crippen LogP) is 0.991. The molecular formula is C16H18N6O4. The van der Waals surface area contributed by atoms with E-state index < -0.39 is 0 Å². The first-order valence-electron chi connectivity index (χ1n) is 7.97. The van der Waals surface area contributed by atoms with E-state index in [1.807, 2.05) is 24.3 Å². The summed E-state index contributed by atoms with van der Waals surface area (Å²) in [4.78, 5) is 20.0. The molecule has 10 nitrogen and oxygen atoms in total. The zero-order valence-corrected chi connectivity index (χ0v) is 14.1. The van der Waals surface area contributed by atoms with Gasteiger partial charge < -0.3 is 19.3 Å². The number of H-pyrrole nitrogens is 1. The van der Waals surface area contributed by atoms with Gasteiger partial charge in [-0.1, -0.05) is 17.3 Å². The van der Waals surface area contributed by atoms with E-state index in [1.54, 1.807) is 7.11 Å². The van der Waals surface area contributed by atoms with Gasteiger partial charge in [-0.15, -0.1) is 0 Å². The number of aromatic amines is 1. The monoisotopic (exact) mass is 358 g/mol. The van der Waals surface area contributed by atoms with Crippen molar-refractivity contribution in [3.05, 3.63) is 36.5 Å². The van der Waals surface area contributed by atoms with Crippen molar-refractivity contribution in [1.82, 2.24) is 30.6 Å². The van der Waals surface area contributed by atoms with Gasteiger partial charge in [0.2, 0.25) is 17.6 Å². The highest BCUT2D eigenvalue weighted by molar-refractivity contribution is 5.76. The average Bonchev–Trinajstić information content (AvgIpc) is 3.35. The number of nitrogens with one attached hydrogen (secondary N) is 2. The lowest BCUT2D eigenvalue weighted by Gasteiger charge is -2.10. The van der Waals surface area contributed by atoms with E-state index >= 15 is 0 Å². The highest BCUT2D eigenvalue weighted by atomic mass is 16.5. The fourth-order valence-corrected chi connectivity index (χ4v) is 2.16. The molecule has 0 saturated carbocycles. The Morgan fingerprint density at radius 2 is 2.15 bits per heavy atom. The minimum atomic E-state index is -0.131. The number of amides is 1. The van der Waals surface area contributed by atoms with Crippen LogP contribution in [0.25, 0.3) is 11.6 Å². The summed E-state index contributed by atoms with van der Waals surface area (Å²) < 4.78 is 15.9. The SMILES string of the molecule is COc1ccccc1OCCNC(=O)CCc1nc(-c2ncn[nH]2)no1. The first-order chi connectivity index (χ1) is 12.8. The molecule has 0 bridgehead atoms. The maximum atomic E-state index is 11.9. The number of rotatable bonds is 9. The van der Waals surface area contributed by atoms with E-state index in [0.29, 0.717) is 48.6 Å². The van der Waals surface area contributed by atoms with E-state index in [4.69, 9.17) is 14.0 Å². The lowest BCUT2D eigenvalue weighted by atomic mass is 10.3. The molecule has 26 heavy (non-hydrogen) atoms. The molecular weight excluding hydrogens is 340 g/mol. The van der Waals surface area contributed by atoms with Gasteiger partial charge in [0.1, 0.15) is 12.9 Å². The zero-order valence-electron chi connectivity index (χ0n) is 14.1. The van der Waals surface area contributed by atoms with Crippen molar-refractivity contribution in [3.63, 3.8) is 0 Å². The number of para-hydroxylation sites is 2. The molecule has 0 aliphatic carbocycles. The van der Waals surface area contributed by atoms with Crippen molar-refractivity contribution in [2.45, 2.75) is 12.8 Å². The molecule has 0 radical (unpaired) electrons. The lowest BCUT2D eigenvalue weighted by molar-refractivity contribution is -0.121. The van der Waals surface area contributed by atoms with Crippen molar-refractivity contribution in [2.24, 2.45) is 0 Å². The van der Waals surface area contributed by atoms with Gasteiger partial charge in [-0.3, -0.25) is 9.89 Å². The Bertz CT molecular complexity index is 833. The van der Waals surface area contributed by atoms with Crippen LogP contribution >= 0.6 is 0 Å². The van der Waals surface area contributed by atoms with Crippen LogP contribution in [0, 0.1) is 0 Å². The van der Waals surface area contributed by atoms with Crippen molar-refractivity contribution in [1.29, 1.82) is 0 Å².